The number of carbonyl (C=O) groups is 4. The van der Waals surface area contributed by atoms with Crippen LogP contribution in [0.5, 0.6) is 0 Å². The van der Waals surface area contributed by atoms with Crippen molar-refractivity contribution < 1.29 is 19.2 Å². The van der Waals surface area contributed by atoms with E-state index in [-0.39, 0.29) is 0 Å². The van der Waals surface area contributed by atoms with E-state index in [1.165, 1.54) is 11.1 Å². The van der Waals surface area contributed by atoms with Crippen LogP contribution in [-0.4, -0.2) is 40.9 Å². The fourth-order valence-electron chi connectivity index (χ4n) is 3.60. The average molecular weight is 386 g/mol. The third-order valence-electron chi connectivity index (χ3n) is 4.99. The highest BCUT2D eigenvalue weighted by Crippen LogP contribution is 2.32. The standard InChI is InChI=1S/C20H26N4O4/c1-19(2,3)22-17(27)21-15(25)11-24-16(26)20(4,23-18(24)28)14-9-8-12-6-5-7-13(12)10-14/h8-10H,5-7,11H2,1-4H3,(H,23,28)(H2,21,22,25,27)/t20-/m1/s1. The number of imide groups is 2. The summed E-state index contributed by atoms with van der Waals surface area (Å²) in [6, 6.07) is 4.48. The van der Waals surface area contributed by atoms with Gasteiger partial charge >= 0.3 is 12.1 Å². The minimum Gasteiger partial charge on any atom is -0.333 e. The average Bonchev–Trinajstić information content (AvgIpc) is 3.11. The smallest absolute Gasteiger partial charge is 0.325 e. The summed E-state index contributed by atoms with van der Waals surface area (Å²) in [5, 5.41) is 7.42. The Morgan fingerprint density at radius 3 is 2.54 bits per heavy atom. The number of carbonyl (C=O) groups excluding carboxylic acids is 4. The van der Waals surface area contributed by atoms with Crippen molar-refractivity contribution in [3.8, 4) is 0 Å². The normalized spacial score (nSPS) is 21.4. The van der Waals surface area contributed by atoms with Crippen LogP contribution in [0.25, 0.3) is 0 Å². The summed E-state index contributed by atoms with van der Waals surface area (Å²) in [7, 11) is 0. The van der Waals surface area contributed by atoms with E-state index >= 15 is 0 Å². The van der Waals surface area contributed by atoms with Crippen LogP contribution in [0.3, 0.4) is 0 Å². The van der Waals surface area contributed by atoms with Gasteiger partial charge in [0.2, 0.25) is 5.91 Å². The van der Waals surface area contributed by atoms with Crippen LogP contribution in [0.4, 0.5) is 9.59 Å². The molecule has 0 radical (unpaired) electrons. The van der Waals surface area contributed by atoms with Crippen LogP contribution in [0.2, 0.25) is 0 Å². The second-order valence-electron chi connectivity index (χ2n) is 8.54. The molecule has 1 aromatic carbocycles. The molecule has 1 saturated heterocycles. The first kappa shape index (κ1) is 19.9. The number of amides is 6. The molecule has 3 N–H and O–H groups in total. The van der Waals surface area contributed by atoms with Crippen molar-refractivity contribution in [2.75, 3.05) is 6.54 Å². The van der Waals surface area contributed by atoms with Crippen molar-refractivity contribution in [1.29, 1.82) is 0 Å². The minimum atomic E-state index is -1.23. The van der Waals surface area contributed by atoms with E-state index in [0.29, 0.717) is 5.56 Å². The summed E-state index contributed by atoms with van der Waals surface area (Å²) in [6.45, 7) is 6.43. The molecule has 3 rings (SSSR count). The SMILES string of the molecule is CC(C)(C)NC(=O)NC(=O)CN1C(=O)N[C@](C)(c2ccc3c(c2)CCC3)C1=O. The number of nitrogens with zero attached hydrogens (tertiary/aromatic N) is 1. The third kappa shape index (κ3) is 3.85. The molecule has 8 nitrogen and oxygen atoms in total. The lowest BCUT2D eigenvalue weighted by atomic mass is 9.89. The number of urea groups is 2. The maximum atomic E-state index is 13.0. The van der Waals surface area contributed by atoms with Crippen molar-refractivity contribution in [2.45, 2.75) is 58.0 Å². The molecule has 28 heavy (non-hydrogen) atoms. The molecule has 1 heterocycles. The summed E-state index contributed by atoms with van der Waals surface area (Å²) in [6.07, 6.45) is 3.06. The van der Waals surface area contributed by atoms with Gasteiger partial charge in [0.25, 0.3) is 5.91 Å². The van der Waals surface area contributed by atoms with E-state index < -0.39 is 41.5 Å². The van der Waals surface area contributed by atoms with Gasteiger partial charge in [0, 0.05) is 5.54 Å². The van der Waals surface area contributed by atoms with Crippen molar-refractivity contribution in [2.24, 2.45) is 0 Å². The van der Waals surface area contributed by atoms with Crippen molar-refractivity contribution in [3.05, 3.63) is 34.9 Å². The lowest BCUT2D eigenvalue weighted by molar-refractivity contribution is -0.134. The first-order valence-electron chi connectivity index (χ1n) is 9.38. The van der Waals surface area contributed by atoms with Crippen LogP contribution in [0.15, 0.2) is 18.2 Å². The molecule has 0 unspecified atom stereocenters. The number of hydrogen-bond acceptors (Lipinski definition) is 4. The predicted molar refractivity (Wildman–Crippen MR) is 102 cm³/mol. The van der Waals surface area contributed by atoms with E-state index in [1.807, 2.05) is 18.2 Å². The molecule has 1 atom stereocenters. The molecule has 0 aromatic heterocycles. The lowest BCUT2D eigenvalue weighted by Crippen LogP contribution is -2.51. The lowest BCUT2D eigenvalue weighted by Gasteiger charge is -2.23. The zero-order valence-corrected chi connectivity index (χ0v) is 16.6. The molecule has 6 amide bonds. The summed E-state index contributed by atoms with van der Waals surface area (Å²) in [5.41, 5.74) is 1.40. The molecule has 1 aliphatic carbocycles. The van der Waals surface area contributed by atoms with Gasteiger partial charge in [0.1, 0.15) is 12.1 Å². The van der Waals surface area contributed by atoms with Crippen molar-refractivity contribution in [1.82, 2.24) is 20.9 Å². The molecule has 150 valence electrons. The Kier molecular flexibility index (Phi) is 4.91. The molecular formula is C20H26N4O4. The largest absolute Gasteiger partial charge is 0.333 e. The van der Waals surface area contributed by atoms with Crippen LogP contribution in [0, 0.1) is 0 Å². The zero-order valence-electron chi connectivity index (χ0n) is 16.6. The first-order chi connectivity index (χ1) is 13.0. The molecular weight excluding hydrogens is 360 g/mol. The fraction of sp³-hybridized carbons (Fsp3) is 0.500. The second kappa shape index (κ2) is 6.92. The Hall–Kier alpha value is -2.90. The van der Waals surface area contributed by atoms with Crippen LogP contribution in [0.1, 0.15) is 50.8 Å². The Morgan fingerprint density at radius 2 is 1.86 bits per heavy atom. The van der Waals surface area contributed by atoms with Gasteiger partial charge in [0.05, 0.1) is 0 Å². The van der Waals surface area contributed by atoms with Gasteiger partial charge in [-0.2, -0.15) is 0 Å². The number of aryl methyl sites for hydroxylation is 2. The molecule has 0 spiro atoms. The molecule has 1 aromatic rings. The predicted octanol–water partition coefficient (Wildman–Crippen LogP) is 1.57. The van der Waals surface area contributed by atoms with Crippen LogP contribution >= 0.6 is 0 Å². The second-order valence-corrected chi connectivity index (χ2v) is 8.54. The summed E-state index contributed by atoms with van der Waals surface area (Å²) < 4.78 is 0. The maximum absolute atomic E-state index is 13.0. The first-order valence-corrected chi connectivity index (χ1v) is 9.38. The Labute approximate surface area is 164 Å². The quantitative estimate of drug-likeness (QED) is 0.685. The molecule has 1 fully saturated rings. The zero-order chi connectivity index (χ0) is 20.7. The Morgan fingerprint density at radius 1 is 1.18 bits per heavy atom. The molecule has 8 heteroatoms. The van der Waals surface area contributed by atoms with Gasteiger partial charge in [-0.15, -0.1) is 0 Å². The summed E-state index contributed by atoms with van der Waals surface area (Å²) >= 11 is 0. The number of nitrogens with one attached hydrogen (secondary N) is 3. The van der Waals surface area contributed by atoms with E-state index in [1.54, 1.807) is 27.7 Å². The van der Waals surface area contributed by atoms with Gasteiger partial charge < -0.3 is 10.6 Å². The fourth-order valence-corrected chi connectivity index (χ4v) is 3.60. The number of rotatable bonds is 3. The molecule has 2 aliphatic rings. The number of hydrogen-bond donors (Lipinski definition) is 3. The van der Waals surface area contributed by atoms with Gasteiger partial charge in [-0.25, -0.2) is 9.59 Å². The van der Waals surface area contributed by atoms with Gasteiger partial charge in [-0.1, -0.05) is 18.2 Å². The molecule has 0 bridgehead atoms. The molecule has 0 saturated carbocycles. The van der Waals surface area contributed by atoms with Gasteiger partial charge in [0.15, 0.2) is 0 Å². The number of benzene rings is 1. The minimum absolute atomic E-state index is 0.512. The summed E-state index contributed by atoms with van der Waals surface area (Å²) in [4.78, 5) is 50.1. The summed E-state index contributed by atoms with van der Waals surface area (Å²) in [5.74, 6) is -1.25. The Balaban J connectivity index is 1.71. The highest BCUT2D eigenvalue weighted by molar-refractivity contribution is 6.10. The highest BCUT2D eigenvalue weighted by atomic mass is 16.2. The Bertz CT molecular complexity index is 858. The molecule has 1 aliphatic heterocycles. The van der Waals surface area contributed by atoms with E-state index in [2.05, 4.69) is 16.0 Å². The third-order valence-corrected chi connectivity index (χ3v) is 4.99. The van der Waals surface area contributed by atoms with Crippen molar-refractivity contribution in [3.63, 3.8) is 0 Å². The van der Waals surface area contributed by atoms with Crippen molar-refractivity contribution >= 4 is 23.9 Å². The van der Waals surface area contributed by atoms with E-state index in [9.17, 15) is 19.2 Å². The van der Waals surface area contributed by atoms with E-state index in [4.69, 9.17) is 0 Å². The monoisotopic (exact) mass is 386 g/mol. The van der Waals surface area contributed by atoms with Crippen LogP contribution in [-0.2, 0) is 28.0 Å². The topological polar surface area (TPSA) is 108 Å². The van der Waals surface area contributed by atoms with E-state index in [0.717, 1.165) is 24.2 Å². The van der Waals surface area contributed by atoms with Crippen LogP contribution < -0.4 is 16.0 Å². The maximum Gasteiger partial charge on any atom is 0.325 e. The number of fused-ring (bicyclic) bond motifs is 1. The highest BCUT2D eigenvalue weighted by Gasteiger charge is 2.49. The van der Waals surface area contributed by atoms with Gasteiger partial charge in [-0.3, -0.25) is 19.8 Å². The van der Waals surface area contributed by atoms with Gasteiger partial charge in [-0.05, 0) is 63.6 Å².